The van der Waals surface area contributed by atoms with Gasteiger partial charge in [0.05, 0.1) is 13.0 Å². The minimum absolute atomic E-state index is 0.291. The van der Waals surface area contributed by atoms with E-state index < -0.39 is 5.92 Å². The maximum Gasteiger partial charge on any atom is 0.312 e. The number of nitrogens with zero attached hydrogens (tertiary/aromatic N) is 3. The highest BCUT2D eigenvalue weighted by Gasteiger charge is 2.28. The van der Waals surface area contributed by atoms with Crippen LogP contribution in [-0.2, 0) is 9.53 Å². The maximum absolute atomic E-state index is 11.9. The summed E-state index contributed by atoms with van der Waals surface area (Å²) < 4.78 is 4.85. The van der Waals surface area contributed by atoms with Crippen LogP contribution < -0.4 is 4.90 Å². The molecule has 1 unspecified atom stereocenters. The van der Waals surface area contributed by atoms with E-state index in [1.54, 1.807) is 18.5 Å². The zero-order valence-corrected chi connectivity index (χ0v) is 13.6. The number of hydrogen-bond donors (Lipinski definition) is 0. The molecule has 2 aromatic rings. The van der Waals surface area contributed by atoms with Gasteiger partial charge in [-0.3, -0.25) is 4.79 Å². The molecule has 6 heteroatoms. The zero-order valence-electron chi connectivity index (χ0n) is 12.8. The number of pyridine rings is 2. The van der Waals surface area contributed by atoms with Gasteiger partial charge in [0.15, 0.2) is 0 Å². The first-order valence-electron chi connectivity index (χ1n) is 7.31. The Morgan fingerprint density at radius 1 is 1.41 bits per heavy atom. The van der Waals surface area contributed by atoms with Crippen molar-refractivity contribution in [2.75, 3.05) is 18.6 Å². The van der Waals surface area contributed by atoms with Gasteiger partial charge in [-0.05, 0) is 37.3 Å². The van der Waals surface area contributed by atoms with Gasteiger partial charge in [0, 0.05) is 30.4 Å². The molecule has 0 spiro atoms. The van der Waals surface area contributed by atoms with Gasteiger partial charge < -0.3 is 9.64 Å². The molecule has 3 heterocycles. The summed E-state index contributed by atoms with van der Waals surface area (Å²) in [5, 5.41) is 2.23. The van der Waals surface area contributed by atoms with Crippen LogP contribution in [0.2, 0.25) is 5.15 Å². The van der Waals surface area contributed by atoms with Gasteiger partial charge >= 0.3 is 5.97 Å². The first kappa shape index (κ1) is 15.0. The van der Waals surface area contributed by atoms with Crippen LogP contribution in [-0.4, -0.2) is 35.6 Å². The molecule has 2 atom stereocenters. The Morgan fingerprint density at radius 3 is 2.77 bits per heavy atom. The molecule has 1 aliphatic heterocycles. The summed E-state index contributed by atoms with van der Waals surface area (Å²) >= 11 is 6.06. The highest BCUT2D eigenvalue weighted by molar-refractivity contribution is 6.30. The van der Waals surface area contributed by atoms with Crippen LogP contribution >= 0.6 is 11.6 Å². The lowest BCUT2D eigenvalue weighted by Gasteiger charge is -2.40. The van der Waals surface area contributed by atoms with Crippen molar-refractivity contribution in [2.45, 2.75) is 32.2 Å². The molecule has 22 heavy (non-hydrogen) atoms. The maximum atomic E-state index is 11.9. The largest absolute Gasteiger partial charge is 0.469 e. The van der Waals surface area contributed by atoms with Crippen molar-refractivity contribution in [2.24, 2.45) is 0 Å². The molecule has 1 aliphatic rings. The zero-order chi connectivity index (χ0) is 15.9. The molecule has 1 fully saturated rings. The van der Waals surface area contributed by atoms with Crippen LogP contribution in [0.5, 0.6) is 0 Å². The third-order valence-corrected chi connectivity index (χ3v) is 4.57. The lowest BCUT2D eigenvalue weighted by Crippen LogP contribution is -2.46. The van der Waals surface area contributed by atoms with Gasteiger partial charge in [-0.25, -0.2) is 9.97 Å². The van der Waals surface area contributed by atoms with Gasteiger partial charge in [0.2, 0.25) is 0 Å². The van der Waals surface area contributed by atoms with Crippen molar-refractivity contribution in [3.63, 3.8) is 0 Å². The summed E-state index contributed by atoms with van der Waals surface area (Å²) in [6.45, 7) is 4.96. The number of esters is 1. The summed E-state index contributed by atoms with van der Waals surface area (Å²) in [7, 11) is 1.39. The van der Waals surface area contributed by atoms with Crippen molar-refractivity contribution in [1.29, 1.82) is 0 Å². The van der Waals surface area contributed by atoms with Crippen LogP contribution in [0.25, 0.3) is 10.8 Å². The van der Waals surface area contributed by atoms with Crippen molar-refractivity contribution in [1.82, 2.24) is 9.97 Å². The Morgan fingerprint density at radius 2 is 2.18 bits per heavy atom. The monoisotopic (exact) mass is 319 g/mol. The number of ether oxygens (including phenoxy) is 1. The standard InChI is InChI=1S/C16H18ClN3O2/c1-9-4-5-20(9)15-13-8-18-14(17)6-11(13)12(7-19-15)10(2)16(21)22-3/h6-10H,4-5H2,1-3H3/t9-,10?/m1/s1. The minimum Gasteiger partial charge on any atom is -0.469 e. The van der Waals surface area contributed by atoms with Crippen LogP contribution in [0.3, 0.4) is 0 Å². The molecule has 0 amide bonds. The average molecular weight is 320 g/mol. The summed E-state index contributed by atoms with van der Waals surface area (Å²) in [5.41, 5.74) is 0.808. The Hall–Kier alpha value is -1.88. The van der Waals surface area contributed by atoms with Crippen LogP contribution in [0.15, 0.2) is 18.5 Å². The van der Waals surface area contributed by atoms with Crippen LogP contribution in [0.1, 0.15) is 31.7 Å². The third-order valence-electron chi connectivity index (χ3n) is 4.36. The Balaban J connectivity index is 2.17. The molecule has 2 aromatic heterocycles. The number of anilines is 1. The van der Waals surface area contributed by atoms with E-state index in [4.69, 9.17) is 16.3 Å². The van der Waals surface area contributed by atoms with E-state index in [9.17, 15) is 4.79 Å². The van der Waals surface area contributed by atoms with E-state index in [1.807, 2.05) is 6.92 Å². The normalized spacial score (nSPS) is 18.9. The van der Waals surface area contributed by atoms with Crippen molar-refractivity contribution < 1.29 is 9.53 Å². The number of rotatable bonds is 3. The molecular formula is C16H18ClN3O2. The van der Waals surface area contributed by atoms with Gasteiger partial charge in [-0.1, -0.05) is 11.6 Å². The smallest absolute Gasteiger partial charge is 0.312 e. The molecule has 0 saturated carbocycles. The van der Waals surface area contributed by atoms with Crippen LogP contribution in [0, 0.1) is 0 Å². The van der Waals surface area contributed by atoms with E-state index in [2.05, 4.69) is 21.8 Å². The van der Waals surface area contributed by atoms with Gasteiger partial charge in [-0.15, -0.1) is 0 Å². The predicted molar refractivity (Wildman–Crippen MR) is 86.4 cm³/mol. The Labute approximate surface area is 134 Å². The number of carbonyl (C=O) groups is 1. The fraction of sp³-hybridized carbons (Fsp3) is 0.438. The molecule has 116 valence electrons. The summed E-state index contributed by atoms with van der Waals surface area (Å²) in [4.78, 5) is 22.9. The molecule has 0 aromatic carbocycles. The molecular weight excluding hydrogens is 302 g/mol. The lowest BCUT2D eigenvalue weighted by molar-refractivity contribution is -0.141. The van der Waals surface area contributed by atoms with Crippen molar-refractivity contribution in [3.8, 4) is 0 Å². The highest BCUT2D eigenvalue weighted by atomic mass is 35.5. The summed E-state index contributed by atoms with van der Waals surface area (Å²) in [5.74, 6) is 0.209. The topological polar surface area (TPSA) is 55.3 Å². The molecule has 3 rings (SSSR count). The highest BCUT2D eigenvalue weighted by Crippen LogP contribution is 2.35. The van der Waals surface area contributed by atoms with E-state index in [0.29, 0.717) is 11.2 Å². The number of carbonyl (C=O) groups excluding carboxylic acids is 1. The van der Waals surface area contributed by atoms with E-state index in [1.165, 1.54) is 7.11 Å². The fourth-order valence-electron chi connectivity index (χ4n) is 2.83. The van der Waals surface area contributed by atoms with Crippen LogP contribution in [0.4, 0.5) is 5.82 Å². The quantitative estimate of drug-likeness (QED) is 0.642. The Kier molecular flexibility index (Phi) is 3.91. The third kappa shape index (κ3) is 2.39. The molecule has 1 saturated heterocycles. The number of methoxy groups -OCH3 is 1. The molecule has 0 aliphatic carbocycles. The molecule has 0 N–H and O–H groups in total. The van der Waals surface area contributed by atoms with E-state index in [0.717, 1.165) is 35.1 Å². The van der Waals surface area contributed by atoms with E-state index in [-0.39, 0.29) is 5.97 Å². The second-order valence-electron chi connectivity index (χ2n) is 5.67. The Bertz CT molecular complexity index is 735. The van der Waals surface area contributed by atoms with Gasteiger partial charge in [0.1, 0.15) is 11.0 Å². The summed E-state index contributed by atoms with van der Waals surface area (Å²) in [6, 6.07) is 2.26. The number of fused-ring (bicyclic) bond motifs is 1. The fourth-order valence-corrected chi connectivity index (χ4v) is 2.98. The molecule has 0 radical (unpaired) electrons. The number of hydrogen-bond acceptors (Lipinski definition) is 5. The lowest BCUT2D eigenvalue weighted by atomic mass is 9.96. The summed E-state index contributed by atoms with van der Waals surface area (Å²) in [6.07, 6.45) is 4.64. The molecule has 5 nitrogen and oxygen atoms in total. The number of aromatic nitrogens is 2. The SMILES string of the molecule is COC(=O)C(C)c1cnc(N2CC[C@H]2C)c2cnc(Cl)cc12. The minimum atomic E-state index is -0.402. The second kappa shape index (κ2) is 5.72. The first-order valence-corrected chi connectivity index (χ1v) is 7.69. The predicted octanol–water partition coefficient (Wildman–Crippen LogP) is 3.16. The van der Waals surface area contributed by atoms with Crippen molar-refractivity contribution >= 4 is 34.2 Å². The second-order valence-corrected chi connectivity index (χ2v) is 6.05. The van der Waals surface area contributed by atoms with E-state index >= 15 is 0 Å². The van der Waals surface area contributed by atoms with Crippen molar-refractivity contribution in [3.05, 3.63) is 29.2 Å². The van der Waals surface area contributed by atoms with Gasteiger partial charge in [-0.2, -0.15) is 0 Å². The number of halogens is 1. The molecule has 0 bridgehead atoms. The van der Waals surface area contributed by atoms with Gasteiger partial charge in [0.25, 0.3) is 0 Å². The first-order chi connectivity index (χ1) is 10.5. The average Bonchev–Trinajstić information content (AvgIpc) is 2.51.